The van der Waals surface area contributed by atoms with Gasteiger partial charge in [-0.25, -0.2) is 9.79 Å². The van der Waals surface area contributed by atoms with Gasteiger partial charge in [-0.05, 0) is 43.9 Å². The van der Waals surface area contributed by atoms with E-state index in [1.54, 1.807) is 29.8 Å². The molecule has 0 radical (unpaired) electrons. The van der Waals surface area contributed by atoms with Crippen molar-refractivity contribution in [1.29, 1.82) is 0 Å². The summed E-state index contributed by atoms with van der Waals surface area (Å²) >= 11 is 2.91. The van der Waals surface area contributed by atoms with Gasteiger partial charge in [-0.15, -0.1) is 11.3 Å². The number of benzene rings is 1. The number of thiazole rings is 1. The van der Waals surface area contributed by atoms with Crippen LogP contribution in [0.25, 0.3) is 6.08 Å². The Labute approximate surface area is 175 Å². The van der Waals surface area contributed by atoms with Crippen molar-refractivity contribution in [2.75, 3.05) is 6.61 Å². The molecule has 3 aromatic rings. The number of aryl methyl sites for hydroxylation is 1. The maximum absolute atomic E-state index is 13.3. The van der Waals surface area contributed by atoms with Crippen molar-refractivity contribution in [3.63, 3.8) is 0 Å². The van der Waals surface area contributed by atoms with E-state index in [4.69, 9.17) is 4.74 Å². The molecule has 1 aliphatic rings. The molecule has 4 rings (SSSR count). The molecule has 2 aromatic heterocycles. The van der Waals surface area contributed by atoms with Gasteiger partial charge in [-0.3, -0.25) is 9.36 Å². The predicted octanol–water partition coefficient (Wildman–Crippen LogP) is 3.17. The van der Waals surface area contributed by atoms with Crippen LogP contribution in [-0.2, 0) is 9.53 Å². The molecule has 0 saturated carbocycles. The average molecular weight is 425 g/mol. The molecule has 3 heterocycles. The lowest BCUT2D eigenvalue weighted by atomic mass is 9.95. The van der Waals surface area contributed by atoms with E-state index in [1.165, 1.54) is 11.3 Å². The maximum atomic E-state index is 13.3. The molecular weight excluding hydrogens is 404 g/mol. The number of carbonyl (C=O) groups is 1. The minimum atomic E-state index is -0.559. The summed E-state index contributed by atoms with van der Waals surface area (Å²) in [4.78, 5) is 32.3. The third kappa shape index (κ3) is 3.63. The molecule has 1 atom stereocenters. The Kier molecular flexibility index (Phi) is 5.34. The fourth-order valence-electron chi connectivity index (χ4n) is 3.36. The van der Waals surface area contributed by atoms with Gasteiger partial charge in [0.05, 0.1) is 28.5 Å². The number of hydrogen-bond acceptors (Lipinski definition) is 6. The summed E-state index contributed by atoms with van der Waals surface area (Å²) < 4.78 is 7.52. The lowest BCUT2D eigenvalue weighted by Gasteiger charge is -2.24. The highest BCUT2D eigenvalue weighted by atomic mass is 32.1. The molecule has 0 fully saturated rings. The number of esters is 1. The topological polar surface area (TPSA) is 60.7 Å². The minimum absolute atomic E-state index is 0.151. The third-order valence-electron chi connectivity index (χ3n) is 4.73. The Bertz CT molecular complexity index is 1260. The second-order valence-electron chi connectivity index (χ2n) is 6.73. The first-order valence-corrected chi connectivity index (χ1v) is 11.0. The zero-order valence-electron chi connectivity index (χ0n) is 16.3. The fraction of sp³-hybridized carbons (Fsp3) is 0.227. The van der Waals surface area contributed by atoms with Gasteiger partial charge in [0.1, 0.15) is 0 Å². The highest BCUT2D eigenvalue weighted by Crippen LogP contribution is 2.30. The summed E-state index contributed by atoms with van der Waals surface area (Å²) in [6.45, 7) is 5.83. The summed E-state index contributed by atoms with van der Waals surface area (Å²) in [5.74, 6) is -0.438. The Hall–Kier alpha value is -2.77. The van der Waals surface area contributed by atoms with Crippen molar-refractivity contribution in [2.45, 2.75) is 26.8 Å². The van der Waals surface area contributed by atoms with Gasteiger partial charge < -0.3 is 4.74 Å². The van der Waals surface area contributed by atoms with Crippen LogP contribution in [0.4, 0.5) is 0 Å². The van der Waals surface area contributed by atoms with E-state index in [0.29, 0.717) is 20.6 Å². The van der Waals surface area contributed by atoms with Gasteiger partial charge in [0.2, 0.25) is 0 Å². The lowest BCUT2D eigenvalue weighted by Crippen LogP contribution is -2.39. The van der Waals surface area contributed by atoms with Crippen LogP contribution in [0.5, 0.6) is 0 Å². The average Bonchev–Trinajstić information content (AvgIpc) is 3.30. The standard InChI is InChI=1S/C22H20N2O3S2/c1-4-27-21(26)18-14(3)23-22-24(19(18)15-9-7-13(2)8-10-15)20(25)17(29-22)12-16-6-5-11-28-16/h5-12,19H,4H2,1-3H3/b17-12-. The summed E-state index contributed by atoms with van der Waals surface area (Å²) in [6, 6.07) is 11.2. The summed E-state index contributed by atoms with van der Waals surface area (Å²) in [6.07, 6.45) is 1.88. The van der Waals surface area contributed by atoms with E-state index in [-0.39, 0.29) is 12.2 Å². The number of ether oxygens (including phenoxy) is 1. The van der Waals surface area contributed by atoms with Crippen molar-refractivity contribution in [3.8, 4) is 0 Å². The van der Waals surface area contributed by atoms with Crippen LogP contribution in [0.2, 0.25) is 0 Å². The normalized spacial score (nSPS) is 16.5. The van der Waals surface area contributed by atoms with Crippen LogP contribution in [0.3, 0.4) is 0 Å². The van der Waals surface area contributed by atoms with Crippen LogP contribution in [-0.4, -0.2) is 17.1 Å². The van der Waals surface area contributed by atoms with E-state index in [1.807, 2.05) is 54.8 Å². The Balaban J connectivity index is 1.97. The molecule has 148 valence electrons. The van der Waals surface area contributed by atoms with Crippen molar-refractivity contribution in [3.05, 3.63) is 88.7 Å². The van der Waals surface area contributed by atoms with E-state index in [9.17, 15) is 9.59 Å². The smallest absolute Gasteiger partial charge is 0.338 e. The monoisotopic (exact) mass is 424 g/mol. The summed E-state index contributed by atoms with van der Waals surface area (Å²) in [7, 11) is 0. The molecule has 0 N–H and O–H groups in total. The maximum Gasteiger partial charge on any atom is 0.338 e. The van der Waals surface area contributed by atoms with Crippen molar-refractivity contribution in [2.24, 2.45) is 4.99 Å². The zero-order valence-corrected chi connectivity index (χ0v) is 18.0. The number of hydrogen-bond donors (Lipinski definition) is 0. The Morgan fingerprint density at radius 3 is 2.66 bits per heavy atom. The van der Waals surface area contributed by atoms with Crippen LogP contribution < -0.4 is 14.9 Å². The third-order valence-corrected chi connectivity index (χ3v) is 6.53. The first-order chi connectivity index (χ1) is 14.0. The Morgan fingerprint density at radius 1 is 1.24 bits per heavy atom. The quantitative estimate of drug-likeness (QED) is 0.605. The first kappa shape index (κ1) is 19.5. The second-order valence-corrected chi connectivity index (χ2v) is 8.72. The molecule has 7 heteroatoms. The molecular formula is C22H20N2O3S2. The SMILES string of the molecule is CCOC(=O)C1=C(C)N=c2s/c(=C\c3cccs3)c(=O)n2C1c1ccc(C)cc1. The van der Waals surface area contributed by atoms with Gasteiger partial charge in [-0.1, -0.05) is 47.2 Å². The molecule has 5 nitrogen and oxygen atoms in total. The highest BCUT2D eigenvalue weighted by Gasteiger charge is 2.33. The van der Waals surface area contributed by atoms with Gasteiger partial charge in [-0.2, -0.15) is 0 Å². The van der Waals surface area contributed by atoms with Gasteiger partial charge in [0, 0.05) is 4.88 Å². The van der Waals surface area contributed by atoms with E-state index < -0.39 is 12.0 Å². The highest BCUT2D eigenvalue weighted by molar-refractivity contribution is 7.11. The van der Waals surface area contributed by atoms with Crippen molar-refractivity contribution >= 4 is 34.7 Å². The Morgan fingerprint density at radius 2 is 2.00 bits per heavy atom. The van der Waals surface area contributed by atoms with Crippen LogP contribution in [0.15, 0.2) is 62.8 Å². The molecule has 29 heavy (non-hydrogen) atoms. The number of fused-ring (bicyclic) bond motifs is 1. The molecule has 0 spiro atoms. The second kappa shape index (κ2) is 7.93. The summed E-state index contributed by atoms with van der Waals surface area (Å²) in [5.41, 5.74) is 2.81. The number of carbonyl (C=O) groups excluding carboxylic acids is 1. The van der Waals surface area contributed by atoms with Gasteiger partial charge in [0.25, 0.3) is 5.56 Å². The van der Waals surface area contributed by atoms with E-state index in [0.717, 1.165) is 16.0 Å². The lowest BCUT2D eigenvalue weighted by molar-refractivity contribution is -0.139. The van der Waals surface area contributed by atoms with Gasteiger partial charge >= 0.3 is 5.97 Å². The van der Waals surface area contributed by atoms with E-state index >= 15 is 0 Å². The minimum Gasteiger partial charge on any atom is -0.463 e. The molecule has 0 amide bonds. The first-order valence-electron chi connectivity index (χ1n) is 9.29. The van der Waals surface area contributed by atoms with Crippen molar-refractivity contribution in [1.82, 2.24) is 4.57 Å². The van der Waals surface area contributed by atoms with Crippen LogP contribution in [0.1, 0.15) is 35.9 Å². The molecule has 0 aliphatic carbocycles. The van der Waals surface area contributed by atoms with Gasteiger partial charge in [0.15, 0.2) is 4.80 Å². The van der Waals surface area contributed by atoms with E-state index in [2.05, 4.69) is 4.99 Å². The summed E-state index contributed by atoms with van der Waals surface area (Å²) in [5, 5.41) is 1.97. The van der Waals surface area contributed by atoms with Crippen LogP contribution in [0, 0.1) is 6.92 Å². The molecule has 0 saturated heterocycles. The number of nitrogens with zero attached hydrogens (tertiary/aromatic N) is 2. The largest absolute Gasteiger partial charge is 0.463 e. The van der Waals surface area contributed by atoms with Crippen LogP contribution >= 0.6 is 22.7 Å². The number of allylic oxidation sites excluding steroid dienone is 1. The van der Waals surface area contributed by atoms with Crippen molar-refractivity contribution < 1.29 is 9.53 Å². The number of thiophene rings is 1. The molecule has 0 bridgehead atoms. The number of rotatable bonds is 4. The molecule has 1 aliphatic heterocycles. The predicted molar refractivity (Wildman–Crippen MR) is 116 cm³/mol. The number of aromatic nitrogens is 1. The fourth-order valence-corrected chi connectivity index (χ4v) is 5.13. The molecule has 1 aromatic carbocycles. The molecule has 1 unspecified atom stereocenters. The zero-order chi connectivity index (χ0) is 20.5.